The van der Waals surface area contributed by atoms with Crippen LogP contribution in [0.2, 0.25) is 11.1 Å². The molecule has 1 heterocycles. The molecule has 19 heavy (non-hydrogen) atoms. The number of hydrogen-bond acceptors (Lipinski definition) is 1. The zero-order chi connectivity index (χ0) is 14.2. The largest absolute Gasteiger partial charge is 0.501 e. The Bertz CT molecular complexity index is 265. The summed E-state index contributed by atoms with van der Waals surface area (Å²) in [7, 11) is 0. The predicted octanol–water partition coefficient (Wildman–Crippen LogP) is 4.19. The first-order chi connectivity index (χ1) is 9.39. The van der Waals surface area contributed by atoms with Crippen molar-refractivity contribution in [3.8, 4) is 0 Å². The van der Waals surface area contributed by atoms with Crippen LogP contribution in [-0.2, 0) is 23.8 Å². The Labute approximate surface area is 134 Å². The monoisotopic (exact) mass is 306 g/mol. The van der Waals surface area contributed by atoms with Crippen LogP contribution in [0.1, 0.15) is 12.8 Å². The Morgan fingerprint density at radius 3 is 1.58 bits per heavy atom. The van der Waals surface area contributed by atoms with Gasteiger partial charge in [-0.3, -0.25) is 0 Å². The summed E-state index contributed by atoms with van der Waals surface area (Å²) in [5, 5.41) is 1.40. The van der Waals surface area contributed by atoms with Gasteiger partial charge in [0, 0.05) is 6.61 Å². The summed E-state index contributed by atoms with van der Waals surface area (Å²) in [6.45, 7) is 1.05. The predicted molar refractivity (Wildman–Crippen MR) is 82.8 cm³/mol. The Balaban J connectivity index is 0.000000244. The van der Waals surface area contributed by atoms with Crippen LogP contribution < -0.4 is 0 Å². The smallest absolute Gasteiger partial charge is 0.457 e. The van der Waals surface area contributed by atoms with Crippen LogP contribution in [0.4, 0.5) is 0 Å². The van der Waals surface area contributed by atoms with E-state index in [1.165, 1.54) is 18.1 Å². The van der Waals surface area contributed by atoms with E-state index in [1.807, 2.05) is 60.7 Å². The third-order valence-corrected chi connectivity index (χ3v) is 4.54. The second-order valence-electron chi connectivity index (χ2n) is 4.10. The number of hydrogen-bond donors (Lipinski definition) is 0. The molecule has 3 heteroatoms. The fraction of sp³-hybridized carbons (Fsp3) is 0.312. The Kier molecular flexibility index (Phi) is 15.6. The van der Waals surface area contributed by atoms with Gasteiger partial charge in [-0.25, -0.2) is 24.3 Å². The molecule has 3 rings (SSSR count). The molecule has 0 atom stereocenters. The molecule has 1 fully saturated rings. The van der Waals surface area contributed by atoms with Crippen molar-refractivity contribution in [1.29, 1.82) is 0 Å². The summed E-state index contributed by atoms with van der Waals surface area (Å²) in [5.74, 6) is 2.28. The van der Waals surface area contributed by atoms with Crippen LogP contribution in [-0.4, -0.2) is 25.9 Å². The Morgan fingerprint density at radius 2 is 1.42 bits per heavy atom. The van der Waals surface area contributed by atoms with E-state index in [0.717, 1.165) is 6.61 Å². The molecule has 0 N–H and O–H groups in total. The van der Waals surface area contributed by atoms with Gasteiger partial charge >= 0.3 is 39.3 Å². The zero-order valence-electron chi connectivity index (χ0n) is 11.8. The van der Waals surface area contributed by atoms with Crippen molar-refractivity contribution in [3.63, 3.8) is 0 Å². The first kappa shape index (κ1) is 18.8. The van der Waals surface area contributed by atoms with Gasteiger partial charge in [0.2, 0.25) is 0 Å². The van der Waals surface area contributed by atoms with Gasteiger partial charge in [0.25, 0.3) is 0 Å². The minimum absolute atomic E-state index is 0.595. The molecule has 2 aromatic carbocycles. The van der Waals surface area contributed by atoms with Crippen LogP contribution in [0, 0.1) is 0 Å². The topological polar surface area (TPSA) is 9.23 Å². The van der Waals surface area contributed by atoms with Gasteiger partial charge in [-0.05, 0) is 6.42 Å². The molecule has 0 aromatic heterocycles. The minimum atomic E-state index is -0.595. The van der Waals surface area contributed by atoms with Crippen LogP contribution in [0.25, 0.3) is 0 Å². The average Bonchev–Trinajstić information content (AvgIpc) is 3.20. The fourth-order valence-corrected chi connectivity index (χ4v) is 3.14. The van der Waals surface area contributed by atoms with Crippen molar-refractivity contribution in [3.05, 3.63) is 60.7 Å². The van der Waals surface area contributed by atoms with Crippen molar-refractivity contribution in [2.24, 2.45) is 0 Å². The molecule has 1 nitrogen and oxygen atoms in total. The summed E-state index contributed by atoms with van der Waals surface area (Å²) in [4.78, 5) is 3.25. The van der Waals surface area contributed by atoms with Gasteiger partial charge < -0.3 is 3.79 Å². The van der Waals surface area contributed by atoms with Crippen molar-refractivity contribution in [2.45, 2.75) is 23.9 Å². The minimum Gasteiger partial charge on any atom is -0.501 e. The van der Waals surface area contributed by atoms with Crippen LogP contribution in [0.3, 0.4) is 0 Å². The molecule has 0 radical (unpaired) electrons. The molecule has 1 aliphatic rings. The van der Waals surface area contributed by atoms with E-state index in [2.05, 4.69) is 10.6 Å². The van der Waals surface area contributed by atoms with E-state index < -0.39 is 14.5 Å². The zero-order valence-corrected chi connectivity index (χ0v) is 14.5. The van der Waals surface area contributed by atoms with Gasteiger partial charge in [0.15, 0.2) is 0 Å². The molecule has 2 aromatic rings. The first-order valence-corrected chi connectivity index (χ1v) is 10.2. The molecule has 1 aliphatic heterocycles. The van der Waals surface area contributed by atoms with Gasteiger partial charge in [-0.1, -0.05) is 17.5 Å². The van der Waals surface area contributed by atoms with Crippen LogP contribution in [0.15, 0.2) is 60.7 Å². The Morgan fingerprint density at radius 1 is 0.947 bits per heavy atom. The SMILES string of the molecule is [CH2]=[Ti+2].[CH3][Al]1[CH2]CCC[O]1.c1cc[cH-]c1.c1cc[cH-]c1. The normalized spacial score (nSPS) is 12.9. The maximum Gasteiger partial charge on any atom is 0.457 e. The van der Waals surface area contributed by atoms with Crippen molar-refractivity contribution >= 4 is 19.3 Å². The quantitative estimate of drug-likeness (QED) is 0.524. The maximum absolute atomic E-state index is 5.42. The molecule has 0 aliphatic carbocycles. The van der Waals surface area contributed by atoms with Gasteiger partial charge in [-0.2, -0.15) is 36.4 Å². The van der Waals surface area contributed by atoms with E-state index in [-0.39, 0.29) is 0 Å². The van der Waals surface area contributed by atoms with Crippen molar-refractivity contribution in [2.75, 3.05) is 6.61 Å². The molecule has 0 saturated carbocycles. The summed E-state index contributed by atoms with van der Waals surface area (Å²) in [6, 6.07) is 20.0. The van der Waals surface area contributed by atoms with Crippen LogP contribution in [0.5, 0.6) is 0 Å². The van der Waals surface area contributed by atoms with E-state index in [0.29, 0.717) is 0 Å². The summed E-state index contributed by atoms with van der Waals surface area (Å²) < 4.78 is 5.42. The molecule has 100 valence electrons. The van der Waals surface area contributed by atoms with E-state index in [9.17, 15) is 0 Å². The van der Waals surface area contributed by atoms with Gasteiger partial charge in [0.05, 0.1) is 0 Å². The molecular formula is C16H23AlOTi. The summed E-state index contributed by atoms with van der Waals surface area (Å²) >= 11 is 1.16. The third kappa shape index (κ3) is 14.0. The first-order valence-electron chi connectivity index (χ1n) is 6.70. The van der Waals surface area contributed by atoms with Crippen molar-refractivity contribution < 1.29 is 23.8 Å². The average molecular weight is 306 g/mol. The molecule has 0 unspecified atom stereocenters. The third-order valence-electron chi connectivity index (χ3n) is 2.52. The van der Waals surface area contributed by atoms with Gasteiger partial charge in [-0.15, -0.1) is 0 Å². The van der Waals surface area contributed by atoms with Crippen LogP contribution >= 0.6 is 0 Å². The molecule has 1 saturated heterocycles. The van der Waals surface area contributed by atoms with E-state index in [1.54, 1.807) is 20.0 Å². The van der Waals surface area contributed by atoms with E-state index in [4.69, 9.17) is 3.79 Å². The number of rotatable bonds is 0. The van der Waals surface area contributed by atoms with Crippen molar-refractivity contribution in [1.82, 2.24) is 0 Å². The molecule has 0 amide bonds. The summed E-state index contributed by atoms with van der Waals surface area (Å²) in [5.41, 5.74) is 0. The van der Waals surface area contributed by atoms with Gasteiger partial charge in [0.1, 0.15) is 0 Å². The Hall–Kier alpha value is -0.223. The fourth-order valence-electron chi connectivity index (χ4n) is 1.54. The molecule has 0 bridgehead atoms. The second-order valence-corrected chi connectivity index (χ2v) is 6.63. The van der Waals surface area contributed by atoms with E-state index >= 15 is 0 Å². The second kappa shape index (κ2) is 15.8. The standard InChI is InChI=1S/2C5H5.C4H8O.CH3.CH2.Al.Ti/c2*1-2-4-5-3-1;1-2-3-4-5;;;;/h2*1-5H;1-4H2;1H3;1H2;;/q3*-1;;;+1;+2. The molecular weight excluding hydrogens is 283 g/mol. The maximum atomic E-state index is 5.42. The molecule has 0 spiro atoms. The summed E-state index contributed by atoms with van der Waals surface area (Å²) in [6.07, 6.45) is 2.73.